The van der Waals surface area contributed by atoms with Crippen molar-refractivity contribution >= 4 is 11.8 Å². The van der Waals surface area contributed by atoms with Gasteiger partial charge in [0, 0.05) is 5.56 Å². The zero-order valence-corrected chi connectivity index (χ0v) is 13.8. The molecule has 5 nitrogen and oxygen atoms in total. The van der Waals surface area contributed by atoms with E-state index in [1.807, 2.05) is 44.2 Å². The molecule has 0 aliphatic rings. The van der Waals surface area contributed by atoms with Crippen LogP contribution in [0, 0.1) is 0 Å². The molecule has 0 aromatic heterocycles. The van der Waals surface area contributed by atoms with Crippen LogP contribution in [0.5, 0.6) is 0 Å². The Morgan fingerprint density at radius 3 is 2.00 bits per heavy atom. The van der Waals surface area contributed by atoms with E-state index in [2.05, 4.69) is 0 Å². The lowest BCUT2D eigenvalue weighted by atomic mass is 9.89. The van der Waals surface area contributed by atoms with Crippen LogP contribution < -0.4 is 5.73 Å². The maximum Gasteiger partial charge on any atom is 0.255 e. The number of carbonyl (C=O) groups excluding carboxylic acids is 2. The van der Waals surface area contributed by atoms with E-state index < -0.39 is 24.1 Å². The summed E-state index contributed by atoms with van der Waals surface area (Å²) < 4.78 is 0. The molecule has 0 unspecified atom stereocenters. The highest BCUT2D eigenvalue weighted by molar-refractivity contribution is 5.98. The van der Waals surface area contributed by atoms with Crippen LogP contribution in [-0.2, 0) is 10.3 Å². The molecule has 2 aromatic rings. The van der Waals surface area contributed by atoms with Crippen LogP contribution in [0.25, 0.3) is 0 Å². The Balaban J connectivity index is 2.55. The molecule has 3 N–H and O–H groups in total. The van der Waals surface area contributed by atoms with Gasteiger partial charge in [0.05, 0.1) is 12.1 Å². The lowest BCUT2D eigenvalue weighted by Crippen LogP contribution is -2.57. The highest BCUT2D eigenvalue weighted by atomic mass is 16.3. The number of hydrogen-bond acceptors (Lipinski definition) is 3. The second-order valence-electron chi connectivity index (χ2n) is 6.07. The summed E-state index contributed by atoms with van der Waals surface area (Å²) in [5.41, 5.74) is 5.88. The lowest BCUT2D eigenvalue weighted by Gasteiger charge is -2.42. The summed E-state index contributed by atoms with van der Waals surface area (Å²) >= 11 is 0. The van der Waals surface area contributed by atoms with Crippen molar-refractivity contribution < 1.29 is 14.7 Å². The molecule has 2 aromatic carbocycles. The van der Waals surface area contributed by atoms with Gasteiger partial charge in [-0.2, -0.15) is 0 Å². The number of rotatable bonds is 6. The van der Waals surface area contributed by atoms with Crippen molar-refractivity contribution in [3.8, 4) is 0 Å². The maximum atomic E-state index is 13.1. The van der Waals surface area contributed by atoms with Crippen LogP contribution in [0.4, 0.5) is 0 Å². The molecule has 2 rings (SSSR count). The topological polar surface area (TPSA) is 83.6 Å². The Hall–Kier alpha value is -2.66. The number of nitrogens with zero attached hydrogens (tertiary/aromatic N) is 1. The predicted octanol–water partition coefficient (Wildman–Crippen LogP) is 1.91. The third-order valence-corrected chi connectivity index (χ3v) is 4.14. The molecule has 0 saturated carbocycles. The van der Waals surface area contributed by atoms with E-state index in [-0.39, 0.29) is 5.91 Å². The Morgan fingerprint density at radius 2 is 1.54 bits per heavy atom. The van der Waals surface area contributed by atoms with Gasteiger partial charge in [-0.25, -0.2) is 0 Å². The van der Waals surface area contributed by atoms with Gasteiger partial charge in [0.25, 0.3) is 5.91 Å². The van der Waals surface area contributed by atoms with Crippen LogP contribution in [0.15, 0.2) is 60.7 Å². The fourth-order valence-electron chi connectivity index (χ4n) is 2.79. The normalized spacial score (nSPS) is 12.5. The van der Waals surface area contributed by atoms with Gasteiger partial charge in [-0.3, -0.25) is 9.59 Å². The average Bonchev–Trinajstić information content (AvgIpc) is 2.60. The molecule has 2 amide bonds. The van der Waals surface area contributed by atoms with Gasteiger partial charge in [0.15, 0.2) is 0 Å². The predicted molar refractivity (Wildman–Crippen MR) is 92.1 cm³/mol. The molecule has 0 bridgehead atoms. The van der Waals surface area contributed by atoms with Gasteiger partial charge in [0.2, 0.25) is 5.91 Å². The largest absolute Gasteiger partial charge is 0.394 e. The first-order valence-corrected chi connectivity index (χ1v) is 7.74. The quantitative estimate of drug-likeness (QED) is 0.850. The van der Waals surface area contributed by atoms with Crippen LogP contribution in [-0.4, -0.2) is 34.5 Å². The number of aliphatic hydroxyl groups excluding tert-OH is 1. The summed E-state index contributed by atoms with van der Waals surface area (Å²) in [5.74, 6) is -1.10. The molecule has 1 atom stereocenters. The van der Waals surface area contributed by atoms with E-state index in [0.717, 1.165) is 5.56 Å². The fraction of sp³-hybridized carbons (Fsp3) is 0.263. The van der Waals surface area contributed by atoms with Crippen molar-refractivity contribution in [2.45, 2.75) is 25.4 Å². The summed E-state index contributed by atoms with van der Waals surface area (Å²) in [5, 5.41) is 9.68. The standard InChI is InChI=1S/C19H22N2O3/c1-19(2,15-11-7-4-8-12-15)21(16(13-22)17(20)23)18(24)14-9-5-3-6-10-14/h3-12,16,22H,13H2,1-2H3,(H2,20,23)/t16-/m0/s1. The number of amides is 2. The highest BCUT2D eigenvalue weighted by Crippen LogP contribution is 2.31. The molecule has 126 valence electrons. The zero-order chi connectivity index (χ0) is 17.7. The van der Waals surface area contributed by atoms with E-state index >= 15 is 0 Å². The van der Waals surface area contributed by atoms with Crippen molar-refractivity contribution in [2.75, 3.05) is 6.61 Å². The first kappa shape index (κ1) is 17.7. The van der Waals surface area contributed by atoms with Gasteiger partial charge in [0.1, 0.15) is 6.04 Å². The van der Waals surface area contributed by atoms with E-state index in [1.54, 1.807) is 30.3 Å². The number of aliphatic hydroxyl groups is 1. The second-order valence-corrected chi connectivity index (χ2v) is 6.07. The number of nitrogens with two attached hydrogens (primary N) is 1. The van der Waals surface area contributed by atoms with Crippen LogP contribution in [0.3, 0.4) is 0 Å². The van der Waals surface area contributed by atoms with Crippen LogP contribution in [0.2, 0.25) is 0 Å². The van der Waals surface area contributed by atoms with Crippen molar-refractivity contribution in [3.63, 3.8) is 0 Å². The van der Waals surface area contributed by atoms with E-state index in [1.165, 1.54) is 4.90 Å². The van der Waals surface area contributed by atoms with Crippen molar-refractivity contribution in [1.29, 1.82) is 0 Å². The van der Waals surface area contributed by atoms with Crippen molar-refractivity contribution in [1.82, 2.24) is 4.90 Å². The first-order valence-electron chi connectivity index (χ1n) is 7.74. The third-order valence-electron chi connectivity index (χ3n) is 4.14. The van der Waals surface area contributed by atoms with E-state index in [0.29, 0.717) is 5.56 Å². The Labute approximate surface area is 141 Å². The fourth-order valence-corrected chi connectivity index (χ4v) is 2.79. The molecule has 0 radical (unpaired) electrons. The minimum absolute atomic E-state index is 0.359. The van der Waals surface area contributed by atoms with Gasteiger partial charge in [-0.05, 0) is 31.5 Å². The average molecular weight is 326 g/mol. The molecular weight excluding hydrogens is 304 g/mol. The highest BCUT2D eigenvalue weighted by Gasteiger charge is 2.40. The number of primary amides is 1. The number of hydrogen-bond donors (Lipinski definition) is 2. The van der Waals surface area contributed by atoms with Crippen LogP contribution in [0.1, 0.15) is 29.8 Å². The van der Waals surface area contributed by atoms with Gasteiger partial charge >= 0.3 is 0 Å². The Bertz CT molecular complexity index is 699. The van der Waals surface area contributed by atoms with Crippen molar-refractivity contribution in [3.05, 3.63) is 71.8 Å². The number of benzene rings is 2. The number of carbonyl (C=O) groups is 2. The SMILES string of the molecule is CC(C)(c1ccccc1)N(C(=O)c1ccccc1)[C@@H](CO)C(N)=O. The minimum Gasteiger partial charge on any atom is -0.394 e. The first-order chi connectivity index (χ1) is 11.4. The maximum absolute atomic E-state index is 13.1. The molecule has 0 saturated heterocycles. The van der Waals surface area contributed by atoms with Crippen LogP contribution >= 0.6 is 0 Å². The smallest absolute Gasteiger partial charge is 0.255 e. The van der Waals surface area contributed by atoms with E-state index in [4.69, 9.17) is 5.73 Å². The minimum atomic E-state index is -1.12. The molecule has 5 heteroatoms. The molecule has 0 heterocycles. The molecule has 0 fully saturated rings. The third kappa shape index (κ3) is 3.46. The van der Waals surface area contributed by atoms with Gasteiger partial charge in [-0.1, -0.05) is 48.5 Å². The summed E-state index contributed by atoms with van der Waals surface area (Å²) in [6.45, 7) is 3.12. The van der Waals surface area contributed by atoms with Crippen molar-refractivity contribution in [2.24, 2.45) is 5.73 Å². The summed E-state index contributed by atoms with van der Waals surface area (Å²) in [6.07, 6.45) is 0. The zero-order valence-electron chi connectivity index (χ0n) is 13.8. The molecule has 0 spiro atoms. The molecule has 0 aliphatic heterocycles. The molecule has 0 aliphatic carbocycles. The van der Waals surface area contributed by atoms with Gasteiger partial charge < -0.3 is 15.7 Å². The Kier molecular flexibility index (Phi) is 5.36. The monoisotopic (exact) mass is 326 g/mol. The van der Waals surface area contributed by atoms with E-state index in [9.17, 15) is 14.7 Å². The summed E-state index contributed by atoms with van der Waals surface area (Å²) in [7, 11) is 0. The second kappa shape index (κ2) is 7.27. The summed E-state index contributed by atoms with van der Waals surface area (Å²) in [6, 6.07) is 16.9. The molecular formula is C19H22N2O3. The Morgan fingerprint density at radius 1 is 1.04 bits per heavy atom. The summed E-state index contributed by atoms with van der Waals surface area (Å²) in [4.78, 5) is 26.3. The lowest BCUT2D eigenvalue weighted by molar-refractivity contribution is -0.125. The molecule has 24 heavy (non-hydrogen) atoms. The van der Waals surface area contributed by atoms with Gasteiger partial charge in [-0.15, -0.1) is 0 Å².